The molecule has 0 unspecified atom stereocenters. The van der Waals surface area contributed by atoms with E-state index in [-0.39, 0.29) is 12.2 Å². The smallest absolute Gasteiger partial charge is 0.329 e. The average Bonchev–Trinajstić information content (AvgIpc) is 2.53. The number of anilines is 1. The van der Waals surface area contributed by atoms with Crippen LogP contribution < -0.4 is 17.0 Å². The van der Waals surface area contributed by atoms with Gasteiger partial charge in [0.25, 0.3) is 5.56 Å². The number of rotatable bonds is 5. The van der Waals surface area contributed by atoms with Crippen molar-refractivity contribution in [1.82, 2.24) is 9.55 Å². The minimum atomic E-state index is -0.907. The first kappa shape index (κ1) is 17.2. The standard InChI is InChI=1S/C16H17N3O5/c1-9-5-3-4-6-10(9)7-12(21)24-8-11(20)13-14(17)19(2)16(23)18-15(13)22/h3-6H,7-8,17H2,1-2H3,(H,18,22,23). The molecule has 1 heterocycles. The summed E-state index contributed by atoms with van der Waals surface area (Å²) in [5, 5.41) is 0. The molecule has 0 radical (unpaired) electrons. The van der Waals surface area contributed by atoms with E-state index in [0.717, 1.165) is 15.7 Å². The molecule has 0 atom stereocenters. The van der Waals surface area contributed by atoms with Gasteiger partial charge < -0.3 is 10.5 Å². The fraction of sp³-hybridized carbons (Fsp3) is 0.250. The lowest BCUT2D eigenvalue weighted by atomic mass is 10.1. The van der Waals surface area contributed by atoms with Gasteiger partial charge in [-0.05, 0) is 18.1 Å². The number of nitrogens with two attached hydrogens (primary N) is 1. The summed E-state index contributed by atoms with van der Waals surface area (Å²) in [4.78, 5) is 49.0. The van der Waals surface area contributed by atoms with E-state index in [1.54, 1.807) is 12.1 Å². The van der Waals surface area contributed by atoms with Crippen molar-refractivity contribution in [2.45, 2.75) is 13.3 Å². The van der Waals surface area contributed by atoms with Gasteiger partial charge in [0.05, 0.1) is 6.42 Å². The monoisotopic (exact) mass is 331 g/mol. The molecule has 2 rings (SSSR count). The Balaban J connectivity index is 2.08. The number of carbonyl (C=O) groups is 2. The highest BCUT2D eigenvalue weighted by Crippen LogP contribution is 2.09. The first-order valence-corrected chi connectivity index (χ1v) is 7.13. The largest absolute Gasteiger partial charge is 0.457 e. The number of benzene rings is 1. The lowest BCUT2D eigenvalue weighted by Crippen LogP contribution is -2.35. The minimum Gasteiger partial charge on any atom is -0.457 e. The van der Waals surface area contributed by atoms with E-state index in [1.807, 2.05) is 24.0 Å². The fourth-order valence-electron chi connectivity index (χ4n) is 2.14. The zero-order valence-electron chi connectivity index (χ0n) is 13.3. The molecule has 8 nitrogen and oxygen atoms in total. The summed E-state index contributed by atoms with van der Waals surface area (Å²) in [5.74, 6) is -1.65. The van der Waals surface area contributed by atoms with Crippen LogP contribution in [0.1, 0.15) is 21.5 Å². The Kier molecular flexibility index (Phi) is 4.98. The number of ether oxygens (including phenoxy) is 1. The number of aryl methyl sites for hydroxylation is 1. The van der Waals surface area contributed by atoms with E-state index in [9.17, 15) is 19.2 Å². The molecule has 8 heteroatoms. The number of ketones is 1. The molecule has 1 aromatic carbocycles. The molecular formula is C16H17N3O5. The van der Waals surface area contributed by atoms with Gasteiger partial charge in [-0.2, -0.15) is 0 Å². The summed E-state index contributed by atoms with van der Waals surface area (Å²) in [6.45, 7) is 1.23. The lowest BCUT2D eigenvalue weighted by Gasteiger charge is -2.09. The van der Waals surface area contributed by atoms with Crippen molar-refractivity contribution in [2.24, 2.45) is 7.05 Å². The van der Waals surface area contributed by atoms with Gasteiger partial charge >= 0.3 is 11.7 Å². The minimum absolute atomic E-state index is 0.0130. The first-order valence-electron chi connectivity index (χ1n) is 7.13. The lowest BCUT2D eigenvalue weighted by molar-refractivity contribution is -0.141. The van der Waals surface area contributed by atoms with E-state index in [0.29, 0.717) is 0 Å². The Hall–Kier alpha value is -3.16. The summed E-state index contributed by atoms with van der Waals surface area (Å²) in [5.41, 5.74) is 5.29. The molecule has 0 amide bonds. The summed E-state index contributed by atoms with van der Waals surface area (Å²) in [7, 11) is 1.31. The molecule has 126 valence electrons. The van der Waals surface area contributed by atoms with Crippen molar-refractivity contribution in [3.8, 4) is 0 Å². The summed E-state index contributed by atoms with van der Waals surface area (Å²) < 4.78 is 5.85. The van der Waals surface area contributed by atoms with E-state index < -0.39 is 35.2 Å². The van der Waals surface area contributed by atoms with Crippen LogP contribution in [0.15, 0.2) is 33.9 Å². The van der Waals surface area contributed by atoms with Gasteiger partial charge in [-0.3, -0.25) is 23.9 Å². The number of nitrogens with zero attached hydrogens (tertiary/aromatic N) is 1. The van der Waals surface area contributed by atoms with Crippen LogP contribution >= 0.6 is 0 Å². The average molecular weight is 331 g/mol. The number of H-pyrrole nitrogens is 1. The van der Waals surface area contributed by atoms with Crippen LogP contribution in [0.3, 0.4) is 0 Å². The number of nitrogen functional groups attached to an aromatic ring is 1. The van der Waals surface area contributed by atoms with Gasteiger partial charge in [0.15, 0.2) is 6.61 Å². The molecule has 0 bridgehead atoms. The second-order valence-electron chi connectivity index (χ2n) is 5.27. The number of aromatic nitrogens is 2. The van der Waals surface area contributed by atoms with Gasteiger partial charge in [0.2, 0.25) is 5.78 Å². The molecule has 0 aliphatic heterocycles. The van der Waals surface area contributed by atoms with Crippen LogP contribution in [0, 0.1) is 6.92 Å². The van der Waals surface area contributed by atoms with E-state index in [4.69, 9.17) is 10.5 Å². The molecule has 3 N–H and O–H groups in total. The van der Waals surface area contributed by atoms with E-state index >= 15 is 0 Å². The topological polar surface area (TPSA) is 124 Å². The molecule has 0 spiro atoms. The predicted molar refractivity (Wildman–Crippen MR) is 86.9 cm³/mol. The van der Waals surface area contributed by atoms with Crippen molar-refractivity contribution in [3.05, 3.63) is 61.8 Å². The van der Waals surface area contributed by atoms with Gasteiger partial charge in [0, 0.05) is 7.05 Å². The summed E-state index contributed by atoms with van der Waals surface area (Å²) in [6.07, 6.45) is 0.0130. The van der Waals surface area contributed by atoms with Crippen LogP contribution in [0.2, 0.25) is 0 Å². The molecule has 1 aromatic heterocycles. The first-order chi connectivity index (χ1) is 11.3. The highest BCUT2D eigenvalue weighted by molar-refractivity contribution is 6.01. The third kappa shape index (κ3) is 3.60. The number of aromatic amines is 1. The maximum absolute atomic E-state index is 12.1. The molecule has 2 aromatic rings. The second-order valence-corrected chi connectivity index (χ2v) is 5.27. The van der Waals surface area contributed by atoms with Crippen LogP contribution in [0.25, 0.3) is 0 Å². The molecule has 0 aliphatic carbocycles. The quantitative estimate of drug-likeness (QED) is 0.584. The Labute approximate surface area is 136 Å². The highest BCUT2D eigenvalue weighted by Gasteiger charge is 2.19. The third-order valence-electron chi connectivity index (χ3n) is 3.61. The number of Topliss-reactive ketones (excluding diaryl/α,β-unsaturated/α-hetero) is 1. The Morgan fingerprint density at radius 2 is 1.92 bits per heavy atom. The van der Waals surface area contributed by atoms with Crippen molar-refractivity contribution in [1.29, 1.82) is 0 Å². The van der Waals surface area contributed by atoms with Gasteiger partial charge in [-0.15, -0.1) is 0 Å². The summed E-state index contributed by atoms with van der Waals surface area (Å²) in [6, 6.07) is 7.29. The highest BCUT2D eigenvalue weighted by atomic mass is 16.5. The zero-order chi connectivity index (χ0) is 17.9. The molecule has 0 fully saturated rings. The maximum atomic E-state index is 12.1. The normalized spacial score (nSPS) is 10.4. The number of carbonyl (C=O) groups excluding carboxylic acids is 2. The second kappa shape index (κ2) is 6.95. The Morgan fingerprint density at radius 1 is 1.25 bits per heavy atom. The summed E-state index contributed by atoms with van der Waals surface area (Å²) >= 11 is 0. The molecule has 0 saturated carbocycles. The van der Waals surface area contributed by atoms with Crippen LogP contribution in [-0.4, -0.2) is 27.9 Å². The Bertz CT molecular complexity index is 911. The molecule has 24 heavy (non-hydrogen) atoms. The van der Waals surface area contributed by atoms with Gasteiger partial charge in [-0.25, -0.2) is 4.79 Å². The van der Waals surface area contributed by atoms with E-state index in [1.165, 1.54) is 7.05 Å². The third-order valence-corrected chi connectivity index (χ3v) is 3.61. The van der Waals surface area contributed by atoms with Crippen molar-refractivity contribution in [3.63, 3.8) is 0 Å². The predicted octanol–water partition coefficient (Wildman–Crippen LogP) is -0.0672. The van der Waals surface area contributed by atoms with Crippen LogP contribution in [-0.2, 0) is 23.0 Å². The van der Waals surface area contributed by atoms with Crippen molar-refractivity contribution >= 4 is 17.6 Å². The number of esters is 1. The van der Waals surface area contributed by atoms with Gasteiger partial charge in [0.1, 0.15) is 11.4 Å². The van der Waals surface area contributed by atoms with Crippen molar-refractivity contribution < 1.29 is 14.3 Å². The van der Waals surface area contributed by atoms with Crippen LogP contribution in [0.5, 0.6) is 0 Å². The molecule has 0 aliphatic rings. The number of hydrogen-bond donors (Lipinski definition) is 2. The fourth-order valence-corrected chi connectivity index (χ4v) is 2.14. The maximum Gasteiger partial charge on any atom is 0.329 e. The number of hydrogen-bond acceptors (Lipinski definition) is 6. The zero-order valence-corrected chi connectivity index (χ0v) is 13.3. The molecule has 0 saturated heterocycles. The van der Waals surface area contributed by atoms with Gasteiger partial charge in [-0.1, -0.05) is 24.3 Å². The SMILES string of the molecule is Cc1ccccc1CC(=O)OCC(=O)c1c(N)n(C)c(=O)[nH]c1=O. The Morgan fingerprint density at radius 3 is 2.58 bits per heavy atom. The molecular weight excluding hydrogens is 314 g/mol. The van der Waals surface area contributed by atoms with E-state index in [2.05, 4.69) is 0 Å². The van der Waals surface area contributed by atoms with Crippen molar-refractivity contribution in [2.75, 3.05) is 12.3 Å². The number of nitrogens with one attached hydrogen (secondary N) is 1. The van der Waals surface area contributed by atoms with Crippen LogP contribution in [0.4, 0.5) is 5.82 Å².